The standard InChI is InChI=1S/C22H18F3N5O4/c1-10-16(11(2)34-29-10)13-5-6-14-18-19(13)33-8-15(30(18)21(32)28-14)12-4-3-7-26-17(12)20(31)27-9-22(23,24)25/h3-7,15H,8-9H2,1-2H3,(H,27,31)(H,28,32). The Kier molecular flexibility index (Phi) is 4.95. The van der Waals surface area contributed by atoms with Gasteiger partial charge in [-0.15, -0.1) is 0 Å². The fourth-order valence-electron chi connectivity index (χ4n) is 4.30. The summed E-state index contributed by atoms with van der Waals surface area (Å²) < 4.78 is 50.7. The maximum Gasteiger partial charge on any atom is 0.405 e. The molecular formula is C22H18F3N5O4. The van der Waals surface area contributed by atoms with Crippen LogP contribution in [0.5, 0.6) is 5.75 Å². The number of aromatic amines is 1. The fourth-order valence-corrected chi connectivity index (χ4v) is 4.30. The van der Waals surface area contributed by atoms with Crippen molar-refractivity contribution in [3.63, 3.8) is 0 Å². The number of H-pyrrole nitrogens is 1. The van der Waals surface area contributed by atoms with Gasteiger partial charge >= 0.3 is 11.9 Å². The Morgan fingerprint density at radius 1 is 1.29 bits per heavy atom. The van der Waals surface area contributed by atoms with E-state index in [2.05, 4.69) is 15.1 Å². The van der Waals surface area contributed by atoms with Crippen molar-refractivity contribution >= 4 is 16.9 Å². The lowest BCUT2D eigenvalue weighted by molar-refractivity contribution is -0.123. The monoisotopic (exact) mass is 473 g/mol. The molecular weight excluding hydrogens is 455 g/mol. The number of halogens is 3. The third-order valence-electron chi connectivity index (χ3n) is 5.70. The second-order valence-electron chi connectivity index (χ2n) is 7.90. The molecule has 4 heterocycles. The van der Waals surface area contributed by atoms with Crippen LogP contribution in [0.1, 0.15) is 33.5 Å². The van der Waals surface area contributed by atoms with E-state index >= 15 is 0 Å². The Hall–Kier alpha value is -4.09. The number of aryl methyl sites for hydroxylation is 2. The Morgan fingerprint density at radius 3 is 2.79 bits per heavy atom. The lowest BCUT2D eigenvalue weighted by Gasteiger charge is -2.27. The molecule has 0 radical (unpaired) electrons. The number of ether oxygens (including phenoxy) is 1. The van der Waals surface area contributed by atoms with Crippen molar-refractivity contribution in [1.29, 1.82) is 0 Å². The summed E-state index contributed by atoms with van der Waals surface area (Å²) >= 11 is 0. The van der Waals surface area contributed by atoms with Gasteiger partial charge in [-0.2, -0.15) is 13.2 Å². The lowest BCUT2D eigenvalue weighted by atomic mass is 9.99. The van der Waals surface area contributed by atoms with Crippen LogP contribution < -0.4 is 15.7 Å². The highest BCUT2D eigenvalue weighted by Gasteiger charge is 2.34. The summed E-state index contributed by atoms with van der Waals surface area (Å²) in [5.41, 5.74) is 2.64. The van der Waals surface area contributed by atoms with Gasteiger partial charge in [0.05, 0.1) is 16.8 Å². The first-order valence-corrected chi connectivity index (χ1v) is 10.3. The summed E-state index contributed by atoms with van der Waals surface area (Å²) in [7, 11) is 0. The normalized spacial score (nSPS) is 15.4. The van der Waals surface area contributed by atoms with Crippen LogP contribution in [0.3, 0.4) is 0 Å². The smallest absolute Gasteiger partial charge is 0.405 e. The van der Waals surface area contributed by atoms with Gasteiger partial charge in [0, 0.05) is 17.3 Å². The molecule has 0 aliphatic carbocycles. The van der Waals surface area contributed by atoms with Crippen molar-refractivity contribution < 1.29 is 27.2 Å². The summed E-state index contributed by atoms with van der Waals surface area (Å²) in [5, 5.41) is 5.81. The minimum absolute atomic E-state index is 0.0501. The van der Waals surface area contributed by atoms with Crippen LogP contribution in [0.2, 0.25) is 0 Å². The Bertz CT molecular complexity index is 1460. The van der Waals surface area contributed by atoms with Crippen LogP contribution in [0.25, 0.3) is 22.2 Å². The van der Waals surface area contributed by atoms with E-state index in [1.54, 1.807) is 32.0 Å². The third kappa shape index (κ3) is 3.51. The van der Waals surface area contributed by atoms with Crippen molar-refractivity contribution in [2.75, 3.05) is 13.2 Å². The van der Waals surface area contributed by atoms with Gasteiger partial charge in [0.1, 0.15) is 36.2 Å². The van der Waals surface area contributed by atoms with Gasteiger partial charge in [-0.05, 0) is 32.0 Å². The van der Waals surface area contributed by atoms with E-state index in [9.17, 15) is 22.8 Å². The second-order valence-corrected chi connectivity index (χ2v) is 7.90. The Labute approximate surface area is 189 Å². The van der Waals surface area contributed by atoms with E-state index in [-0.39, 0.29) is 17.9 Å². The topological polar surface area (TPSA) is 115 Å². The van der Waals surface area contributed by atoms with Crippen LogP contribution in [0.15, 0.2) is 39.8 Å². The first-order valence-electron chi connectivity index (χ1n) is 10.3. The molecule has 2 N–H and O–H groups in total. The minimum Gasteiger partial charge on any atom is -0.488 e. The van der Waals surface area contributed by atoms with Gasteiger partial charge < -0.3 is 19.6 Å². The molecule has 0 saturated carbocycles. The molecule has 1 atom stereocenters. The zero-order valence-electron chi connectivity index (χ0n) is 18.0. The molecule has 3 aromatic heterocycles. The largest absolute Gasteiger partial charge is 0.488 e. The molecule has 176 valence electrons. The molecule has 1 unspecified atom stereocenters. The fraction of sp³-hybridized carbons (Fsp3) is 0.273. The zero-order chi connectivity index (χ0) is 24.2. The van der Waals surface area contributed by atoms with Crippen LogP contribution in [0.4, 0.5) is 13.2 Å². The van der Waals surface area contributed by atoms with Crippen molar-refractivity contribution in [3.05, 3.63) is 63.7 Å². The summed E-state index contributed by atoms with van der Waals surface area (Å²) in [6.45, 7) is 2.01. The molecule has 1 amide bonds. The van der Waals surface area contributed by atoms with E-state index in [1.165, 1.54) is 16.8 Å². The van der Waals surface area contributed by atoms with E-state index < -0.39 is 30.4 Å². The minimum atomic E-state index is -4.57. The SMILES string of the molecule is Cc1noc(C)c1-c1ccc2[nH]c(=O)n3c2c1OCC3c1cccnc1C(=O)NCC(F)(F)F. The number of hydrogen-bond acceptors (Lipinski definition) is 6. The lowest BCUT2D eigenvalue weighted by Crippen LogP contribution is -2.36. The van der Waals surface area contributed by atoms with Gasteiger partial charge in [-0.3, -0.25) is 14.3 Å². The molecule has 1 aliphatic rings. The van der Waals surface area contributed by atoms with Crippen LogP contribution in [-0.4, -0.2) is 44.9 Å². The third-order valence-corrected chi connectivity index (χ3v) is 5.70. The number of aromatic nitrogens is 4. The van der Waals surface area contributed by atoms with Crippen molar-refractivity contribution in [1.82, 2.24) is 25.0 Å². The zero-order valence-corrected chi connectivity index (χ0v) is 18.0. The summed E-state index contributed by atoms with van der Waals surface area (Å²) in [5.74, 6) is 0.0237. The molecule has 0 bridgehead atoms. The van der Waals surface area contributed by atoms with E-state index in [0.717, 1.165) is 5.56 Å². The van der Waals surface area contributed by atoms with Gasteiger partial charge in [0.15, 0.2) is 5.75 Å². The summed E-state index contributed by atoms with van der Waals surface area (Å²) in [6.07, 6.45) is -3.27. The number of nitrogens with zero attached hydrogens (tertiary/aromatic N) is 3. The number of hydrogen-bond donors (Lipinski definition) is 2. The number of pyridine rings is 1. The van der Waals surface area contributed by atoms with Crippen LogP contribution in [0, 0.1) is 13.8 Å². The molecule has 0 saturated heterocycles. The predicted molar refractivity (Wildman–Crippen MR) is 114 cm³/mol. The second kappa shape index (κ2) is 7.75. The first-order chi connectivity index (χ1) is 16.2. The number of carbonyl (C=O) groups excluding carboxylic acids is 1. The highest BCUT2D eigenvalue weighted by Crippen LogP contribution is 2.43. The number of alkyl halides is 3. The van der Waals surface area contributed by atoms with E-state index in [4.69, 9.17) is 9.26 Å². The quantitative estimate of drug-likeness (QED) is 0.470. The van der Waals surface area contributed by atoms with Gasteiger partial charge in [-0.25, -0.2) is 4.79 Å². The molecule has 34 heavy (non-hydrogen) atoms. The molecule has 0 spiro atoms. The molecule has 1 aromatic carbocycles. The number of nitrogens with one attached hydrogen (secondary N) is 2. The summed E-state index contributed by atoms with van der Waals surface area (Å²) in [6, 6.07) is 5.81. The number of imidazole rings is 1. The average molecular weight is 473 g/mol. The first kappa shape index (κ1) is 21.7. The molecule has 0 fully saturated rings. The number of carbonyl (C=O) groups is 1. The highest BCUT2D eigenvalue weighted by atomic mass is 19.4. The van der Waals surface area contributed by atoms with Crippen molar-refractivity contribution in [3.8, 4) is 16.9 Å². The van der Waals surface area contributed by atoms with Gasteiger partial charge in [0.2, 0.25) is 0 Å². The van der Waals surface area contributed by atoms with Gasteiger partial charge in [-0.1, -0.05) is 11.2 Å². The maximum absolute atomic E-state index is 13.0. The molecule has 9 nitrogen and oxygen atoms in total. The van der Waals surface area contributed by atoms with Crippen molar-refractivity contribution in [2.24, 2.45) is 0 Å². The van der Waals surface area contributed by atoms with Gasteiger partial charge in [0.25, 0.3) is 5.91 Å². The highest BCUT2D eigenvalue weighted by molar-refractivity contribution is 5.95. The number of benzene rings is 1. The van der Waals surface area contributed by atoms with E-state index in [1.807, 2.05) is 5.32 Å². The number of amides is 1. The molecule has 1 aliphatic heterocycles. The Morgan fingerprint density at radius 2 is 2.09 bits per heavy atom. The molecule has 5 rings (SSSR count). The average Bonchev–Trinajstić information content (AvgIpc) is 3.32. The maximum atomic E-state index is 13.0. The van der Waals surface area contributed by atoms with E-state index in [0.29, 0.717) is 33.8 Å². The van der Waals surface area contributed by atoms with Crippen LogP contribution >= 0.6 is 0 Å². The molecule has 4 aromatic rings. The summed E-state index contributed by atoms with van der Waals surface area (Å²) in [4.78, 5) is 32.2. The van der Waals surface area contributed by atoms with Crippen LogP contribution in [-0.2, 0) is 0 Å². The van der Waals surface area contributed by atoms with Crippen molar-refractivity contribution in [2.45, 2.75) is 26.1 Å². The Balaban J connectivity index is 1.64. The predicted octanol–water partition coefficient (Wildman–Crippen LogP) is 3.27. The molecule has 12 heteroatoms. The number of rotatable bonds is 4.